The van der Waals surface area contributed by atoms with Crippen LogP contribution < -0.4 is 14.9 Å². The average molecular weight is 555 g/mol. The van der Waals surface area contributed by atoms with Gasteiger partial charge in [0.1, 0.15) is 16.5 Å². The Labute approximate surface area is 224 Å². The van der Waals surface area contributed by atoms with Gasteiger partial charge in [-0.25, -0.2) is 23.1 Å². The van der Waals surface area contributed by atoms with E-state index >= 15 is 0 Å². The fraction of sp³-hybridized carbons (Fsp3) is 0.154. The third-order valence-corrected chi connectivity index (χ3v) is 7.18. The predicted molar refractivity (Wildman–Crippen MR) is 142 cm³/mol. The van der Waals surface area contributed by atoms with Gasteiger partial charge in [0.05, 0.1) is 22.8 Å². The summed E-state index contributed by atoms with van der Waals surface area (Å²) < 4.78 is 32.7. The Hall–Kier alpha value is -4.22. The lowest BCUT2D eigenvalue weighted by Gasteiger charge is -2.15. The molecule has 12 heteroatoms. The summed E-state index contributed by atoms with van der Waals surface area (Å²) in [4.78, 5) is 42.7. The Balaban J connectivity index is 1.45. The number of amides is 2. The summed E-state index contributed by atoms with van der Waals surface area (Å²) in [5.74, 6) is -1.77. The molecule has 1 aliphatic rings. The highest BCUT2D eigenvalue weighted by molar-refractivity contribution is 7.92. The minimum Gasteiger partial charge on any atom is -0.462 e. The number of imide groups is 1. The van der Waals surface area contributed by atoms with Gasteiger partial charge >= 0.3 is 5.97 Å². The van der Waals surface area contributed by atoms with Crippen molar-refractivity contribution >= 4 is 56.6 Å². The summed E-state index contributed by atoms with van der Waals surface area (Å²) in [5, 5.41) is 2.46. The molecule has 1 aromatic heterocycles. The van der Waals surface area contributed by atoms with Gasteiger partial charge in [-0.05, 0) is 67.1 Å². The molecule has 3 aromatic rings. The number of ether oxygens (including phenoxy) is 1. The third-order valence-electron chi connectivity index (χ3n) is 5.46. The van der Waals surface area contributed by atoms with E-state index in [2.05, 4.69) is 15.0 Å². The molecule has 2 amide bonds. The number of unbranched alkanes of at least 4 members (excludes halogenated alkanes) is 1. The Kier molecular flexibility index (Phi) is 8.08. The van der Waals surface area contributed by atoms with Crippen molar-refractivity contribution in [3.05, 3.63) is 89.2 Å². The van der Waals surface area contributed by atoms with Crippen molar-refractivity contribution in [2.75, 3.05) is 21.5 Å². The number of hydrogen-bond donors (Lipinski definition) is 2. The van der Waals surface area contributed by atoms with Crippen LogP contribution in [-0.4, -0.2) is 37.8 Å². The van der Waals surface area contributed by atoms with Gasteiger partial charge in [-0.2, -0.15) is 0 Å². The van der Waals surface area contributed by atoms with E-state index in [-0.39, 0.29) is 32.7 Å². The second kappa shape index (κ2) is 11.4. The summed E-state index contributed by atoms with van der Waals surface area (Å²) >= 11 is 6.18. The standard InChI is InChI=1S/C26H23ClN4O6S/c1-2-3-16-37-26(34)17-7-11-19(12-8-17)31-24(32)22(27)23(25(31)33)29-18-9-13-20(14-10-18)38(35,36)30-21-6-4-5-15-28-21/h4-15,29H,2-3,16H2,1H3,(H,28,30). The minimum absolute atomic E-state index is 0.0301. The predicted octanol–water partition coefficient (Wildman–Crippen LogP) is 4.28. The van der Waals surface area contributed by atoms with Crippen LogP contribution in [0.1, 0.15) is 30.1 Å². The SMILES string of the molecule is CCCCOC(=O)c1ccc(N2C(=O)C(Cl)=C(Nc3ccc(S(=O)(=O)Nc4ccccn4)cc3)C2=O)cc1. The molecule has 2 aromatic carbocycles. The second-order valence-corrected chi connectivity index (χ2v) is 10.2. The molecule has 0 unspecified atom stereocenters. The first-order chi connectivity index (χ1) is 18.2. The molecule has 10 nitrogen and oxygen atoms in total. The second-order valence-electron chi connectivity index (χ2n) is 8.14. The van der Waals surface area contributed by atoms with Gasteiger partial charge in [-0.1, -0.05) is 31.0 Å². The first-order valence-electron chi connectivity index (χ1n) is 11.6. The summed E-state index contributed by atoms with van der Waals surface area (Å²) in [5.41, 5.74) is 0.682. The van der Waals surface area contributed by atoms with Crippen LogP contribution in [0.25, 0.3) is 0 Å². The zero-order valence-electron chi connectivity index (χ0n) is 20.2. The molecule has 0 saturated heterocycles. The van der Waals surface area contributed by atoms with Crippen LogP contribution in [-0.2, 0) is 24.3 Å². The molecule has 0 saturated carbocycles. The van der Waals surface area contributed by atoms with E-state index < -0.39 is 27.8 Å². The van der Waals surface area contributed by atoms with E-state index in [1.165, 1.54) is 60.8 Å². The van der Waals surface area contributed by atoms with Gasteiger partial charge in [0.25, 0.3) is 21.8 Å². The molecule has 2 N–H and O–H groups in total. The number of hydrogen-bond acceptors (Lipinski definition) is 8. The highest BCUT2D eigenvalue weighted by Gasteiger charge is 2.39. The fourth-order valence-corrected chi connectivity index (χ4v) is 4.69. The normalized spacial score (nSPS) is 13.6. The van der Waals surface area contributed by atoms with Crippen molar-refractivity contribution in [3.8, 4) is 0 Å². The van der Waals surface area contributed by atoms with Gasteiger partial charge < -0.3 is 10.1 Å². The van der Waals surface area contributed by atoms with Crippen molar-refractivity contribution in [3.63, 3.8) is 0 Å². The summed E-state index contributed by atoms with van der Waals surface area (Å²) in [6, 6.07) is 16.2. The number of esters is 1. The number of rotatable bonds is 10. The zero-order valence-corrected chi connectivity index (χ0v) is 21.8. The van der Waals surface area contributed by atoms with Crippen LogP contribution in [0.2, 0.25) is 0 Å². The number of pyridine rings is 1. The lowest BCUT2D eigenvalue weighted by atomic mass is 10.2. The molecule has 0 bridgehead atoms. The van der Waals surface area contributed by atoms with Crippen molar-refractivity contribution in [1.29, 1.82) is 0 Å². The van der Waals surface area contributed by atoms with E-state index in [0.717, 1.165) is 17.7 Å². The Bertz CT molecular complexity index is 1490. The molecular formula is C26H23ClN4O6S. The smallest absolute Gasteiger partial charge is 0.338 e. The van der Waals surface area contributed by atoms with Crippen molar-refractivity contribution < 1.29 is 27.5 Å². The van der Waals surface area contributed by atoms with E-state index in [4.69, 9.17) is 16.3 Å². The number of carbonyl (C=O) groups is 3. The number of benzene rings is 2. The van der Waals surface area contributed by atoms with Crippen LogP contribution in [0.5, 0.6) is 0 Å². The molecule has 2 heterocycles. The maximum absolute atomic E-state index is 13.0. The Morgan fingerprint density at radius 2 is 1.71 bits per heavy atom. The molecule has 0 aliphatic carbocycles. The third kappa shape index (κ3) is 5.84. The number of halogens is 1. The van der Waals surface area contributed by atoms with Gasteiger partial charge in [-0.3, -0.25) is 14.3 Å². The topological polar surface area (TPSA) is 135 Å². The van der Waals surface area contributed by atoms with Crippen molar-refractivity contribution in [2.24, 2.45) is 0 Å². The van der Waals surface area contributed by atoms with Crippen LogP contribution in [0.4, 0.5) is 17.2 Å². The molecular weight excluding hydrogens is 532 g/mol. The van der Waals surface area contributed by atoms with Gasteiger partial charge in [0.15, 0.2) is 0 Å². The molecule has 38 heavy (non-hydrogen) atoms. The Morgan fingerprint density at radius 3 is 2.34 bits per heavy atom. The maximum Gasteiger partial charge on any atom is 0.338 e. The number of anilines is 3. The average Bonchev–Trinajstić information content (AvgIpc) is 3.12. The van der Waals surface area contributed by atoms with E-state index in [9.17, 15) is 22.8 Å². The molecule has 1 aliphatic heterocycles. The molecule has 0 spiro atoms. The maximum atomic E-state index is 13.0. The number of nitrogens with zero attached hydrogens (tertiary/aromatic N) is 2. The van der Waals surface area contributed by atoms with Crippen molar-refractivity contribution in [2.45, 2.75) is 24.7 Å². The number of sulfonamides is 1. The quantitative estimate of drug-likeness (QED) is 0.215. The molecule has 0 radical (unpaired) electrons. The first kappa shape index (κ1) is 26.8. The molecule has 4 rings (SSSR count). The summed E-state index contributed by atoms with van der Waals surface area (Å²) in [7, 11) is -3.89. The number of aromatic nitrogens is 1. The van der Waals surface area contributed by atoms with Crippen LogP contribution in [0.15, 0.2) is 88.6 Å². The molecule has 196 valence electrons. The first-order valence-corrected chi connectivity index (χ1v) is 13.4. The lowest BCUT2D eigenvalue weighted by Crippen LogP contribution is -2.32. The number of carbonyl (C=O) groups excluding carboxylic acids is 3. The highest BCUT2D eigenvalue weighted by atomic mass is 35.5. The molecule has 0 atom stereocenters. The fourth-order valence-electron chi connectivity index (χ4n) is 3.47. The highest BCUT2D eigenvalue weighted by Crippen LogP contribution is 2.30. The van der Waals surface area contributed by atoms with Gasteiger partial charge in [-0.15, -0.1) is 0 Å². The monoisotopic (exact) mass is 554 g/mol. The lowest BCUT2D eigenvalue weighted by molar-refractivity contribution is -0.120. The van der Waals surface area contributed by atoms with E-state index in [0.29, 0.717) is 12.3 Å². The number of nitrogens with one attached hydrogen (secondary N) is 2. The largest absolute Gasteiger partial charge is 0.462 e. The van der Waals surface area contributed by atoms with E-state index in [1.54, 1.807) is 12.1 Å². The molecule has 0 fully saturated rings. The van der Waals surface area contributed by atoms with Crippen LogP contribution in [0, 0.1) is 0 Å². The van der Waals surface area contributed by atoms with Crippen LogP contribution >= 0.6 is 11.6 Å². The zero-order chi connectivity index (χ0) is 27.3. The van der Waals surface area contributed by atoms with E-state index in [1.807, 2.05) is 6.92 Å². The van der Waals surface area contributed by atoms with Crippen LogP contribution in [0.3, 0.4) is 0 Å². The summed E-state index contributed by atoms with van der Waals surface area (Å²) in [6.07, 6.45) is 3.10. The van der Waals surface area contributed by atoms with Gasteiger partial charge in [0.2, 0.25) is 0 Å². The van der Waals surface area contributed by atoms with Crippen molar-refractivity contribution in [1.82, 2.24) is 4.98 Å². The Morgan fingerprint density at radius 1 is 1.00 bits per heavy atom. The van der Waals surface area contributed by atoms with Gasteiger partial charge in [0, 0.05) is 11.9 Å². The summed E-state index contributed by atoms with van der Waals surface area (Å²) in [6.45, 7) is 2.29. The minimum atomic E-state index is -3.89.